The zero-order valence-electron chi connectivity index (χ0n) is 12.0. The third kappa shape index (κ3) is 3.59. The Labute approximate surface area is 121 Å². The Morgan fingerprint density at radius 3 is 2.81 bits per heavy atom. The smallest absolute Gasteiger partial charge is 0.316 e. The van der Waals surface area contributed by atoms with E-state index in [0.717, 1.165) is 12.8 Å². The van der Waals surface area contributed by atoms with Crippen molar-refractivity contribution in [1.82, 2.24) is 14.9 Å². The van der Waals surface area contributed by atoms with Gasteiger partial charge in [-0.1, -0.05) is 25.5 Å². The van der Waals surface area contributed by atoms with Crippen LogP contribution in [-0.2, 0) is 11.3 Å². The maximum Gasteiger partial charge on any atom is 0.316 e. The van der Waals surface area contributed by atoms with E-state index < -0.39 is 11.1 Å². The number of unbranched alkanes of at least 4 members (excludes halogenated alkanes) is 1. The van der Waals surface area contributed by atoms with Crippen LogP contribution in [0.1, 0.15) is 26.2 Å². The minimum absolute atomic E-state index is 0.0287. The van der Waals surface area contributed by atoms with Crippen LogP contribution >= 0.6 is 0 Å². The summed E-state index contributed by atoms with van der Waals surface area (Å²) in [5.41, 5.74) is 0.0202. The molecule has 1 aromatic carbocycles. The largest absolute Gasteiger partial charge is 0.354 e. The molecule has 0 aliphatic rings. The maximum absolute atomic E-state index is 11.9. The van der Waals surface area contributed by atoms with Gasteiger partial charge in [0.05, 0.1) is 11.0 Å². The number of hydrogen-bond donors (Lipinski definition) is 2. The van der Waals surface area contributed by atoms with Gasteiger partial charge in [-0.2, -0.15) is 0 Å². The number of rotatable bonds is 6. The second-order valence-corrected chi connectivity index (χ2v) is 4.88. The van der Waals surface area contributed by atoms with Gasteiger partial charge in [0.2, 0.25) is 5.91 Å². The van der Waals surface area contributed by atoms with Crippen molar-refractivity contribution >= 4 is 16.9 Å². The Bertz CT molecular complexity index is 746. The van der Waals surface area contributed by atoms with Gasteiger partial charge >= 0.3 is 11.1 Å². The zero-order valence-corrected chi connectivity index (χ0v) is 12.0. The fourth-order valence-corrected chi connectivity index (χ4v) is 2.18. The van der Waals surface area contributed by atoms with E-state index in [9.17, 15) is 14.4 Å². The van der Waals surface area contributed by atoms with E-state index in [0.29, 0.717) is 24.0 Å². The molecule has 0 saturated heterocycles. The van der Waals surface area contributed by atoms with E-state index in [-0.39, 0.29) is 12.5 Å². The van der Waals surface area contributed by atoms with Crippen molar-refractivity contribution < 1.29 is 4.79 Å². The Kier molecular flexibility index (Phi) is 4.92. The summed E-state index contributed by atoms with van der Waals surface area (Å²) in [6, 6.07) is 7.11. The van der Waals surface area contributed by atoms with E-state index in [1.54, 1.807) is 24.3 Å². The van der Waals surface area contributed by atoms with Crippen LogP contribution in [0.15, 0.2) is 33.9 Å². The van der Waals surface area contributed by atoms with Crippen LogP contribution in [0.25, 0.3) is 11.0 Å². The molecule has 0 aliphatic carbocycles. The van der Waals surface area contributed by atoms with Crippen LogP contribution in [-0.4, -0.2) is 22.0 Å². The fraction of sp³-hybridized carbons (Fsp3) is 0.400. The molecule has 0 fully saturated rings. The summed E-state index contributed by atoms with van der Waals surface area (Å²) in [6.07, 6.45) is 2.30. The van der Waals surface area contributed by atoms with Crippen LogP contribution in [0.2, 0.25) is 0 Å². The van der Waals surface area contributed by atoms with Crippen LogP contribution in [0.4, 0.5) is 0 Å². The predicted octanol–water partition coefficient (Wildman–Crippen LogP) is 0.996. The molecule has 6 nitrogen and oxygen atoms in total. The zero-order chi connectivity index (χ0) is 15.2. The van der Waals surface area contributed by atoms with Gasteiger partial charge in [-0.05, 0) is 18.6 Å². The molecule has 0 unspecified atom stereocenters. The third-order valence-corrected chi connectivity index (χ3v) is 3.30. The molecule has 112 valence electrons. The highest BCUT2D eigenvalue weighted by Crippen LogP contribution is 2.06. The van der Waals surface area contributed by atoms with Gasteiger partial charge in [0.15, 0.2) is 0 Å². The number of para-hydroxylation sites is 2. The number of amides is 1. The van der Waals surface area contributed by atoms with Crippen LogP contribution in [0, 0.1) is 0 Å². The van der Waals surface area contributed by atoms with E-state index in [1.165, 1.54) is 4.57 Å². The molecule has 1 amide bonds. The number of aromatic nitrogens is 2. The van der Waals surface area contributed by atoms with Gasteiger partial charge in [0.1, 0.15) is 0 Å². The number of hydrogen-bond acceptors (Lipinski definition) is 3. The Hall–Kier alpha value is -2.37. The van der Waals surface area contributed by atoms with Crippen molar-refractivity contribution in [1.29, 1.82) is 0 Å². The Morgan fingerprint density at radius 1 is 1.29 bits per heavy atom. The molecule has 6 heteroatoms. The maximum atomic E-state index is 11.9. The number of H-pyrrole nitrogens is 1. The van der Waals surface area contributed by atoms with Crippen molar-refractivity contribution in [3.8, 4) is 0 Å². The molecule has 0 saturated carbocycles. The van der Waals surface area contributed by atoms with Gasteiger partial charge in [0, 0.05) is 19.5 Å². The summed E-state index contributed by atoms with van der Waals surface area (Å²) >= 11 is 0. The second kappa shape index (κ2) is 6.88. The number of aromatic amines is 1. The van der Waals surface area contributed by atoms with Crippen molar-refractivity contribution in [2.75, 3.05) is 6.54 Å². The molecule has 0 spiro atoms. The number of carbonyl (C=O) groups is 1. The average Bonchev–Trinajstić information content (AvgIpc) is 2.49. The first-order valence-electron chi connectivity index (χ1n) is 7.12. The highest BCUT2D eigenvalue weighted by molar-refractivity contribution is 5.76. The molecule has 21 heavy (non-hydrogen) atoms. The first kappa shape index (κ1) is 15.0. The quantitative estimate of drug-likeness (QED) is 0.778. The Morgan fingerprint density at radius 2 is 2.05 bits per heavy atom. The summed E-state index contributed by atoms with van der Waals surface area (Å²) in [7, 11) is 0. The number of benzene rings is 1. The molecule has 0 aliphatic heterocycles. The topological polar surface area (TPSA) is 84.0 Å². The van der Waals surface area contributed by atoms with E-state index >= 15 is 0 Å². The van der Waals surface area contributed by atoms with Gasteiger partial charge < -0.3 is 14.9 Å². The molecular formula is C15H19N3O3. The van der Waals surface area contributed by atoms with Gasteiger partial charge in [0.25, 0.3) is 0 Å². The first-order valence-corrected chi connectivity index (χ1v) is 7.12. The molecule has 0 radical (unpaired) electrons. The first-order chi connectivity index (χ1) is 10.1. The summed E-state index contributed by atoms with van der Waals surface area (Å²) in [6.45, 7) is 2.63. The highest BCUT2D eigenvalue weighted by Gasteiger charge is 2.07. The van der Waals surface area contributed by atoms with Crippen LogP contribution < -0.4 is 16.4 Å². The number of nitrogens with zero attached hydrogens (tertiary/aromatic N) is 1. The lowest BCUT2D eigenvalue weighted by atomic mass is 10.2. The summed E-state index contributed by atoms with van der Waals surface area (Å²) in [5, 5.41) is 2.77. The third-order valence-electron chi connectivity index (χ3n) is 3.30. The molecule has 2 aromatic rings. The lowest BCUT2D eigenvalue weighted by molar-refractivity contribution is -0.121. The van der Waals surface area contributed by atoms with Crippen LogP contribution in [0.3, 0.4) is 0 Å². The normalized spacial score (nSPS) is 10.7. The van der Waals surface area contributed by atoms with Gasteiger partial charge in [-0.15, -0.1) is 0 Å². The fourth-order valence-electron chi connectivity index (χ4n) is 2.18. The molecule has 1 aromatic heterocycles. The lowest BCUT2D eigenvalue weighted by Crippen LogP contribution is -2.39. The van der Waals surface area contributed by atoms with Crippen molar-refractivity contribution in [2.24, 2.45) is 0 Å². The number of carbonyl (C=O) groups excluding carboxylic acids is 1. The SMILES string of the molecule is CCCCC(=O)NCCn1c(=O)c(=O)[nH]c2ccccc21. The molecule has 2 rings (SSSR count). The second-order valence-electron chi connectivity index (χ2n) is 4.88. The monoisotopic (exact) mass is 289 g/mol. The van der Waals surface area contributed by atoms with E-state index in [2.05, 4.69) is 10.3 Å². The molecular weight excluding hydrogens is 270 g/mol. The standard InChI is InChI=1S/C15H19N3O3/c1-2-3-8-13(19)16-9-10-18-12-7-5-4-6-11(12)17-14(20)15(18)21/h4-7H,2-3,8-10H2,1H3,(H,16,19)(H,17,20). The minimum Gasteiger partial charge on any atom is -0.354 e. The minimum atomic E-state index is -0.647. The predicted molar refractivity (Wildman–Crippen MR) is 81.4 cm³/mol. The number of fused-ring (bicyclic) bond motifs is 1. The summed E-state index contributed by atoms with van der Waals surface area (Å²) in [5.74, 6) is -0.0287. The van der Waals surface area contributed by atoms with Crippen molar-refractivity contribution in [3.63, 3.8) is 0 Å². The molecule has 0 atom stereocenters. The summed E-state index contributed by atoms with van der Waals surface area (Å²) < 4.78 is 1.40. The van der Waals surface area contributed by atoms with Crippen LogP contribution in [0.5, 0.6) is 0 Å². The van der Waals surface area contributed by atoms with E-state index in [4.69, 9.17) is 0 Å². The molecule has 1 heterocycles. The average molecular weight is 289 g/mol. The molecule has 2 N–H and O–H groups in total. The summed E-state index contributed by atoms with van der Waals surface area (Å²) in [4.78, 5) is 37.6. The van der Waals surface area contributed by atoms with Crippen molar-refractivity contribution in [2.45, 2.75) is 32.7 Å². The lowest BCUT2D eigenvalue weighted by Gasteiger charge is -2.10. The molecule has 0 bridgehead atoms. The van der Waals surface area contributed by atoms with Crippen molar-refractivity contribution in [3.05, 3.63) is 45.0 Å². The van der Waals surface area contributed by atoms with Gasteiger partial charge in [-0.25, -0.2) is 0 Å². The van der Waals surface area contributed by atoms with E-state index in [1.807, 2.05) is 6.92 Å². The highest BCUT2D eigenvalue weighted by atomic mass is 16.2. The van der Waals surface area contributed by atoms with Gasteiger partial charge in [-0.3, -0.25) is 14.4 Å². The number of nitrogens with one attached hydrogen (secondary N) is 2. The Balaban J connectivity index is 2.15.